The van der Waals surface area contributed by atoms with Crippen molar-refractivity contribution < 1.29 is 19.8 Å². The van der Waals surface area contributed by atoms with E-state index in [9.17, 15) is 25.1 Å². The second kappa shape index (κ2) is 6.27. The molecule has 1 aliphatic heterocycles. The van der Waals surface area contributed by atoms with Crippen molar-refractivity contribution in [1.29, 1.82) is 5.26 Å². The predicted octanol–water partition coefficient (Wildman–Crippen LogP) is 3.28. The maximum atomic E-state index is 14.0. The Morgan fingerprint density at radius 2 is 1.68 bits per heavy atom. The fraction of sp³-hybridized carbons (Fsp3) is 0.160. The lowest BCUT2D eigenvalue weighted by molar-refractivity contribution is -0.121. The Morgan fingerprint density at radius 1 is 1.03 bits per heavy atom. The fourth-order valence-corrected chi connectivity index (χ4v) is 5.11. The topological polar surface area (TPSA) is 102 Å². The average Bonchev–Trinajstić information content (AvgIpc) is 2.97. The summed E-state index contributed by atoms with van der Waals surface area (Å²) in [7, 11) is 0. The molecule has 0 amide bonds. The summed E-state index contributed by atoms with van der Waals surface area (Å²) in [6, 6.07) is 17.8. The van der Waals surface area contributed by atoms with Gasteiger partial charge in [-0.25, -0.2) is 0 Å². The summed E-state index contributed by atoms with van der Waals surface area (Å²) in [6.45, 7) is 1.85. The summed E-state index contributed by atoms with van der Waals surface area (Å²) < 4.78 is 0. The molecule has 152 valence electrons. The normalized spacial score (nSPS) is 26.5. The second-order valence-corrected chi connectivity index (χ2v) is 7.92. The standard InChI is InChI=1S/C25H18N2O4/c1-15-19(13-26)25-21(22(29)17-9-5-6-10-18(17)23(25)30)20(28)11-12-24(25,31)27(15)14-16-7-3-2-4-8-16/h2-12,29,31H,14H2,1H3. The minimum Gasteiger partial charge on any atom is -0.507 e. The summed E-state index contributed by atoms with van der Waals surface area (Å²) in [5.41, 5.74) is -2.75. The molecule has 6 nitrogen and oxygen atoms in total. The molecule has 3 aliphatic rings. The molecular formula is C25H18N2O4. The van der Waals surface area contributed by atoms with Gasteiger partial charge in [0.05, 0.1) is 17.2 Å². The van der Waals surface area contributed by atoms with E-state index < -0.39 is 22.7 Å². The van der Waals surface area contributed by atoms with E-state index in [4.69, 9.17) is 0 Å². The highest BCUT2D eigenvalue weighted by Gasteiger charge is 2.71. The van der Waals surface area contributed by atoms with Crippen LogP contribution < -0.4 is 0 Å². The van der Waals surface area contributed by atoms with Gasteiger partial charge in [0, 0.05) is 23.4 Å². The Bertz CT molecular complexity index is 1300. The number of aliphatic hydroxyl groups excluding tert-OH is 1. The molecule has 2 N–H and O–H groups in total. The lowest BCUT2D eigenvalue weighted by atomic mass is 9.57. The minimum atomic E-state index is -2.04. The van der Waals surface area contributed by atoms with E-state index in [1.54, 1.807) is 30.0 Å². The number of fused-ring (bicyclic) bond motifs is 1. The van der Waals surface area contributed by atoms with E-state index in [0.717, 1.165) is 11.6 Å². The Hall–Kier alpha value is -3.95. The summed E-state index contributed by atoms with van der Waals surface area (Å²) in [5, 5.41) is 33.2. The van der Waals surface area contributed by atoms with Crippen LogP contribution in [0.15, 0.2) is 83.6 Å². The third-order valence-corrected chi connectivity index (χ3v) is 6.49. The van der Waals surface area contributed by atoms with Crippen LogP contribution in [-0.2, 0) is 11.3 Å². The number of rotatable bonds is 2. The van der Waals surface area contributed by atoms with Crippen molar-refractivity contribution >= 4 is 17.3 Å². The summed E-state index contributed by atoms with van der Waals surface area (Å²) in [6.07, 6.45) is 2.44. The van der Waals surface area contributed by atoms with Crippen LogP contribution in [0.1, 0.15) is 28.4 Å². The van der Waals surface area contributed by atoms with Crippen LogP contribution in [0.25, 0.3) is 5.76 Å². The number of allylic oxidation sites excluding steroid dienone is 2. The third kappa shape index (κ3) is 2.13. The van der Waals surface area contributed by atoms with Gasteiger partial charge < -0.3 is 15.1 Å². The molecule has 1 heterocycles. The monoisotopic (exact) mass is 410 g/mol. The van der Waals surface area contributed by atoms with E-state index in [1.807, 2.05) is 30.3 Å². The zero-order valence-corrected chi connectivity index (χ0v) is 16.7. The van der Waals surface area contributed by atoms with Crippen molar-refractivity contribution in [3.8, 4) is 6.07 Å². The SMILES string of the molecule is CC1=C(C#N)C23C(=O)c4ccccc4C(O)=C2C(=O)C=CC3(O)N1Cc1ccccc1. The van der Waals surface area contributed by atoms with Gasteiger partial charge in [-0.2, -0.15) is 5.26 Å². The van der Waals surface area contributed by atoms with E-state index in [0.29, 0.717) is 5.70 Å². The highest BCUT2D eigenvalue weighted by molar-refractivity contribution is 6.24. The molecule has 0 aromatic heterocycles. The molecule has 2 unspecified atom stereocenters. The summed E-state index contributed by atoms with van der Waals surface area (Å²) in [5.74, 6) is -1.57. The molecule has 0 fully saturated rings. The average molecular weight is 410 g/mol. The molecule has 2 atom stereocenters. The summed E-state index contributed by atoms with van der Waals surface area (Å²) >= 11 is 0. The number of Topliss-reactive ketones (excluding diaryl/α,β-unsaturated/α-hetero) is 1. The lowest BCUT2D eigenvalue weighted by Gasteiger charge is -2.48. The van der Waals surface area contributed by atoms with Gasteiger partial charge in [0.2, 0.25) is 0 Å². The van der Waals surface area contributed by atoms with E-state index in [1.165, 1.54) is 12.1 Å². The molecule has 0 bridgehead atoms. The molecule has 1 spiro atoms. The van der Waals surface area contributed by atoms with Gasteiger partial charge in [0.15, 0.2) is 22.7 Å². The molecule has 0 radical (unpaired) electrons. The number of aliphatic hydroxyl groups is 2. The Kier molecular flexibility index (Phi) is 3.85. The van der Waals surface area contributed by atoms with Gasteiger partial charge in [-0.3, -0.25) is 9.59 Å². The number of carbonyl (C=O) groups is 2. The van der Waals surface area contributed by atoms with E-state index in [2.05, 4.69) is 6.07 Å². The van der Waals surface area contributed by atoms with Crippen LogP contribution in [0, 0.1) is 16.7 Å². The molecule has 0 saturated carbocycles. The zero-order chi connectivity index (χ0) is 22.0. The smallest absolute Gasteiger partial charge is 0.187 e. The van der Waals surface area contributed by atoms with Crippen LogP contribution in [0.4, 0.5) is 0 Å². The van der Waals surface area contributed by atoms with Crippen molar-refractivity contribution in [2.24, 2.45) is 5.41 Å². The zero-order valence-electron chi connectivity index (χ0n) is 16.7. The van der Waals surface area contributed by atoms with Crippen molar-refractivity contribution in [2.45, 2.75) is 19.2 Å². The van der Waals surface area contributed by atoms with Crippen LogP contribution in [-0.4, -0.2) is 32.4 Å². The van der Waals surface area contributed by atoms with Crippen LogP contribution in [0.3, 0.4) is 0 Å². The quantitative estimate of drug-likeness (QED) is 0.788. The van der Waals surface area contributed by atoms with E-state index in [-0.39, 0.29) is 34.6 Å². The first-order valence-corrected chi connectivity index (χ1v) is 9.84. The fourth-order valence-electron chi connectivity index (χ4n) is 5.11. The first-order valence-electron chi connectivity index (χ1n) is 9.84. The van der Waals surface area contributed by atoms with Crippen LogP contribution >= 0.6 is 0 Å². The highest BCUT2D eigenvalue weighted by Crippen LogP contribution is 2.61. The van der Waals surface area contributed by atoms with Gasteiger partial charge >= 0.3 is 0 Å². The Labute approximate surface area is 178 Å². The first-order chi connectivity index (χ1) is 14.9. The predicted molar refractivity (Wildman–Crippen MR) is 112 cm³/mol. The Balaban J connectivity index is 1.85. The van der Waals surface area contributed by atoms with Crippen molar-refractivity contribution in [3.05, 3.63) is 100 Å². The number of ketones is 2. The molecule has 31 heavy (non-hydrogen) atoms. The Morgan fingerprint density at radius 3 is 2.35 bits per heavy atom. The van der Waals surface area contributed by atoms with Gasteiger partial charge in [0.25, 0.3) is 0 Å². The third-order valence-electron chi connectivity index (χ3n) is 6.49. The number of benzene rings is 2. The largest absolute Gasteiger partial charge is 0.507 e. The first kappa shape index (κ1) is 19.0. The van der Waals surface area contributed by atoms with Crippen molar-refractivity contribution in [1.82, 2.24) is 4.90 Å². The molecule has 6 heteroatoms. The van der Waals surface area contributed by atoms with E-state index >= 15 is 0 Å². The molecular weight excluding hydrogens is 392 g/mol. The molecule has 2 aliphatic carbocycles. The highest BCUT2D eigenvalue weighted by atomic mass is 16.3. The van der Waals surface area contributed by atoms with Gasteiger partial charge in [-0.15, -0.1) is 0 Å². The van der Waals surface area contributed by atoms with Gasteiger partial charge in [-0.1, -0.05) is 54.6 Å². The van der Waals surface area contributed by atoms with Gasteiger partial charge in [0.1, 0.15) is 5.76 Å². The molecule has 2 aromatic carbocycles. The molecule has 0 saturated heterocycles. The van der Waals surface area contributed by atoms with Crippen molar-refractivity contribution in [3.63, 3.8) is 0 Å². The lowest BCUT2D eigenvalue weighted by Crippen LogP contribution is -2.62. The number of hydrogen-bond acceptors (Lipinski definition) is 6. The van der Waals surface area contributed by atoms with Crippen LogP contribution in [0.2, 0.25) is 0 Å². The second-order valence-electron chi connectivity index (χ2n) is 7.92. The molecule has 5 rings (SSSR count). The number of hydrogen-bond donors (Lipinski definition) is 2. The number of nitrogens with zero attached hydrogens (tertiary/aromatic N) is 2. The van der Waals surface area contributed by atoms with Gasteiger partial charge in [-0.05, 0) is 24.6 Å². The maximum Gasteiger partial charge on any atom is 0.187 e. The van der Waals surface area contributed by atoms with Crippen LogP contribution in [0.5, 0.6) is 0 Å². The minimum absolute atomic E-state index is 0.0373. The number of nitriles is 1. The van der Waals surface area contributed by atoms with Crippen molar-refractivity contribution in [2.75, 3.05) is 0 Å². The number of carbonyl (C=O) groups excluding carboxylic acids is 2. The molecule has 2 aromatic rings. The maximum absolute atomic E-state index is 14.0. The summed E-state index contributed by atoms with van der Waals surface area (Å²) in [4.78, 5) is 28.5.